The highest BCUT2D eigenvalue weighted by Gasteiger charge is 2.15. The molecule has 0 aliphatic heterocycles. The summed E-state index contributed by atoms with van der Waals surface area (Å²) in [6.45, 7) is 6.08. The fourth-order valence-corrected chi connectivity index (χ4v) is 2.21. The lowest BCUT2D eigenvalue weighted by Gasteiger charge is -2.26. The number of hydrogen-bond acceptors (Lipinski definition) is 4. The highest BCUT2D eigenvalue weighted by Crippen LogP contribution is 2.24. The molecule has 0 aliphatic carbocycles. The van der Waals surface area contributed by atoms with E-state index < -0.39 is 0 Å². The number of nitrogens with one attached hydrogen (secondary N) is 1. The number of pyridine rings is 2. The number of rotatable bonds is 6. The molecule has 4 nitrogen and oxygen atoms in total. The largest absolute Gasteiger partial charge is 0.352 e. The Morgan fingerprint density at radius 3 is 2.60 bits per heavy atom. The molecule has 0 saturated carbocycles. The summed E-state index contributed by atoms with van der Waals surface area (Å²) in [6, 6.07) is 8.51. The van der Waals surface area contributed by atoms with E-state index in [1.54, 1.807) is 0 Å². The molecule has 0 saturated heterocycles. The smallest absolute Gasteiger partial charge is 0.133 e. The zero-order valence-corrected chi connectivity index (χ0v) is 12.4. The van der Waals surface area contributed by atoms with E-state index in [-0.39, 0.29) is 6.04 Å². The lowest BCUT2D eigenvalue weighted by atomic mass is 10.1. The van der Waals surface area contributed by atoms with Crippen LogP contribution in [0.5, 0.6) is 0 Å². The third-order valence-corrected chi connectivity index (χ3v) is 3.52. The molecule has 0 bridgehead atoms. The normalized spacial score (nSPS) is 12.2. The van der Waals surface area contributed by atoms with E-state index in [1.807, 2.05) is 43.8 Å². The number of aromatic nitrogens is 2. The minimum Gasteiger partial charge on any atom is -0.352 e. The van der Waals surface area contributed by atoms with Gasteiger partial charge < -0.3 is 10.2 Å². The maximum atomic E-state index is 4.59. The van der Waals surface area contributed by atoms with Gasteiger partial charge in [-0.3, -0.25) is 4.98 Å². The molecule has 2 aromatic heterocycles. The summed E-state index contributed by atoms with van der Waals surface area (Å²) in [6.07, 6.45) is 5.52. The van der Waals surface area contributed by atoms with Crippen LogP contribution in [0.3, 0.4) is 0 Å². The van der Waals surface area contributed by atoms with Gasteiger partial charge in [0.05, 0.1) is 0 Å². The van der Waals surface area contributed by atoms with Gasteiger partial charge in [-0.25, -0.2) is 4.98 Å². The van der Waals surface area contributed by atoms with Gasteiger partial charge in [0.15, 0.2) is 0 Å². The molecule has 2 aromatic rings. The van der Waals surface area contributed by atoms with Gasteiger partial charge >= 0.3 is 0 Å². The van der Waals surface area contributed by atoms with Crippen molar-refractivity contribution in [2.75, 3.05) is 18.5 Å². The van der Waals surface area contributed by atoms with Crippen molar-refractivity contribution in [3.05, 3.63) is 54.0 Å². The first kappa shape index (κ1) is 14.5. The van der Waals surface area contributed by atoms with Crippen LogP contribution in [0.4, 0.5) is 5.82 Å². The second kappa shape index (κ2) is 7.01. The van der Waals surface area contributed by atoms with Gasteiger partial charge in [-0.15, -0.1) is 0 Å². The Hall–Kier alpha value is -1.94. The van der Waals surface area contributed by atoms with Crippen LogP contribution in [-0.4, -0.2) is 23.6 Å². The van der Waals surface area contributed by atoms with Crippen LogP contribution in [0.2, 0.25) is 0 Å². The SMILES string of the molecule is CCN(Cc1ccncc1)c1ncccc1C(C)NC. The summed E-state index contributed by atoms with van der Waals surface area (Å²) in [5, 5.41) is 3.29. The predicted molar refractivity (Wildman–Crippen MR) is 82.7 cm³/mol. The average molecular weight is 270 g/mol. The molecule has 2 heterocycles. The van der Waals surface area contributed by atoms with Gasteiger partial charge in [-0.05, 0) is 44.7 Å². The summed E-state index contributed by atoms with van der Waals surface area (Å²) < 4.78 is 0. The summed E-state index contributed by atoms with van der Waals surface area (Å²) in [5.74, 6) is 1.05. The minimum atomic E-state index is 0.283. The summed E-state index contributed by atoms with van der Waals surface area (Å²) in [5.41, 5.74) is 2.47. The van der Waals surface area contributed by atoms with Gasteiger partial charge in [-0.2, -0.15) is 0 Å². The van der Waals surface area contributed by atoms with E-state index in [0.29, 0.717) is 0 Å². The second-order valence-corrected chi connectivity index (χ2v) is 4.80. The van der Waals surface area contributed by atoms with Crippen molar-refractivity contribution in [1.82, 2.24) is 15.3 Å². The van der Waals surface area contributed by atoms with Crippen LogP contribution in [-0.2, 0) is 6.54 Å². The van der Waals surface area contributed by atoms with Gasteiger partial charge in [0.2, 0.25) is 0 Å². The zero-order chi connectivity index (χ0) is 14.4. The Labute approximate surface area is 120 Å². The summed E-state index contributed by atoms with van der Waals surface area (Å²) in [7, 11) is 1.97. The number of nitrogens with zero attached hydrogens (tertiary/aromatic N) is 3. The Kier molecular flexibility index (Phi) is 5.07. The number of hydrogen-bond donors (Lipinski definition) is 1. The Bertz CT molecular complexity index is 527. The van der Waals surface area contributed by atoms with Crippen LogP contribution in [0.1, 0.15) is 31.0 Å². The Morgan fingerprint density at radius 1 is 1.20 bits per heavy atom. The van der Waals surface area contributed by atoms with Crippen molar-refractivity contribution < 1.29 is 0 Å². The third kappa shape index (κ3) is 3.33. The van der Waals surface area contributed by atoms with E-state index >= 15 is 0 Å². The van der Waals surface area contributed by atoms with Crippen LogP contribution in [0.25, 0.3) is 0 Å². The molecule has 0 aromatic carbocycles. The first-order valence-electron chi connectivity index (χ1n) is 7.02. The van der Waals surface area contributed by atoms with Gasteiger partial charge in [0.25, 0.3) is 0 Å². The topological polar surface area (TPSA) is 41.1 Å². The van der Waals surface area contributed by atoms with E-state index in [1.165, 1.54) is 11.1 Å². The van der Waals surface area contributed by atoms with E-state index in [9.17, 15) is 0 Å². The molecule has 0 fully saturated rings. The quantitative estimate of drug-likeness (QED) is 0.876. The molecular weight excluding hydrogens is 248 g/mol. The molecular formula is C16H22N4. The van der Waals surface area contributed by atoms with Crippen LogP contribution < -0.4 is 10.2 Å². The zero-order valence-electron chi connectivity index (χ0n) is 12.4. The Balaban J connectivity index is 2.28. The minimum absolute atomic E-state index is 0.283. The first-order chi connectivity index (χ1) is 9.76. The molecule has 106 valence electrons. The van der Waals surface area contributed by atoms with Crippen molar-refractivity contribution in [1.29, 1.82) is 0 Å². The van der Waals surface area contributed by atoms with E-state index in [0.717, 1.165) is 18.9 Å². The standard InChI is InChI=1S/C16H22N4/c1-4-20(12-14-7-10-18-11-8-14)16-15(13(2)17-3)6-5-9-19-16/h5-11,13,17H,4,12H2,1-3H3. The molecule has 1 atom stereocenters. The van der Waals surface area contributed by atoms with Gasteiger partial charge in [-0.1, -0.05) is 6.07 Å². The molecule has 0 amide bonds. The van der Waals surface area contributed by atoms with Gasteiger partial charge in [0, 0.05) is 43.3 Å². The van der Waals surface area contributed by atoms with Crippen LogP contribution in [0.15, 0.2) is 42.9 Å². The maximum absolute atomic E-state index is 4.59. The fraction of sp³-hybridized carbons (Fsp3) is 0.375. The summed E-state index contributed by atoms with van der Waals surface area (Å²) in [4.78, 5) is 10.9. The average Bonchev–Trinajstić information content (AvgIpc) is 2.53. The molecule has 20 heavy (non-hydrogen) atoms. The lowest BCUT2D eigenvalue weighted by molar-refractivity contribution is 0.643. The summed E-state index contributed by atoms with van der Waals surface area (Å²) >= 11 is 0. The number of anilines is 1. The molecule has 1 N–H and O–H groups in total. The molecule has 2 rings (SSSR count). The highest BCUT2D eigenvalue weighted by molar-refractivity contribution is 5.48. The molecule has 0 radical (unpaired) electrons. The maximum Gasteiger partial charge on any atom is 0.133 e. The van der Waals surface area contributed by atoms with Crippen molar-refractivity contribution in [3.8, 4) is 0 Å². The fourth-order valence-electron chi connectivity index (χ4n) is 2.21. The monoisotopic (exact) mass is 270 g/mol. The van der Waals surface area contributed by atoms with Crippen molar-refractivity contribution >= 4 is 5.82 Å². The molecule has 0 aliphatic rings. The second-order valence-electron chi connectivity index (χ2n) is 4.80. The molecule has 0 spiro atoms. The predicted octanol–water partition coefficient (Wildman–Crippen LogP) is 2.78. The van der Waals surface area contributed by atoms with Crippen molar-refractivity contribution in [2.24, 2.45) is 0 Å². The van der Waals surface area contributed by atoms with Crippen LogP contribution in [0, 0.1) is 0 Å². The Morgan fingerprint density at radius 2 is 1.95 bits per heavy atom. The third-order valence-electron chi connectivity index (χ3n) is 3.52. The molecule has 1 unspecified atom stereocenters. The van der Waals surface area contributed by atoms with Crippen LogP contribution >= 0.6 is 0 Å². The van der Waals surface area contributed by atoms with Gasteiger partial charge in [0.1, 0.15) is 5.82 Å². The highest BCUT2D eigenvalue weighted by atomic mass is 15.2. The van der Waals surface area contributed by atoms with Crippen molar-refractivity contribution in [3.63, 3.8) is 0 Å². The lowest BCUT2D eigenvalue weighted by Crippen LogP contribution is -2.26. The van der Waals surface area contributed by atoms with E-state index in [4.69, 9.17) is 0 Å². The first-order valence-corrected chi connectivity index (χ1v) is 7.02. The van der Waals surface area contributed by atoms with E-state index in [2.05, 4.69) is 40.1 Å². The molecule has 4 heteroatoms. The van der Waals surface area contributed by atoms with Crippen molar-refractivity contribution in [2.45, 2.75) is 26.4 Å².